The first kappa shape index (κ1) is 45.5. The second-order valence-electron chi connectivity index (χ2n) is 12.2. The van der Waals surface area contributed by atoms with E-state index in [9.17, 15) is 0 Å². The number of rotatable bonds is 20. The van der Waals surface area contributed by atoms with Crippen molar-refractivity contribution in [2.75, 3.05) is 37.0 Å². The Morgan fingerprint density at radius 1 is 0.474 bits per heavy atom. The van der Waals surface area contributed by atoms with Gasteiger partial charge in [0.25, 0.3) is 0 Å². The van der Waals surface area contributed by atoms with Crippen molar-refractivity contribution < 1.29 is 40.2 Å². The van der Waals surface area contributed by atoms with Crippen molar-refractivity contribution in [1.29, 1.82) is 0 Å². The van der Waals surface area contributed by atoms with E-state index >= 15 is 0 Å². The quantitative estimate of drug-likeness (QED) is 0.0989. The van der Waals surface area contributed by atoms with Gasteiger partial charge in [-0.3, -0.25) is 0 Å². The second kappa shape index (κ2) is 32.0. The molecule has 0 aliphatic heterocycles. The summed E-state index contributed by atoms with van der Waals surface area (Å²) >= 11 is 0. The molecule has 0 aromatic carbocycles. The Kier molecular flexibility index (Phi) is 38.3. The molecule has 0 unspecified atom stereocenters. The van der Waals surface area contributed by atoms with Crippen LogP contribution in [0.5, 0.6) is 0 Å². The summed E-state index contributed by atoms with van der Waals surface area (Å²) in [5.74, 6) is 1.38. The molecule has 7 heteroatoms. The van der Waals surface area contributed by atoms with Crippen LogP contribution in [-0.4, -0.2) is 48.9 Å². The summed E-state index contributed by atoms with van der Waals surface area (Å²) in [5.41, 5.74) is 0. The molecular formula is C31H64O4P2Pd. The van der Waals surface area contributed by atoms with Gasteiger partial charge >= 0.3 is 20.4 Å². The van der Waals surface area contributed by atoms with Crippen LogP contribution in [0, 0.1) is 23.7 Å². The Hall–Kier alpha value is 0.462. The van der Waals surface area contributed by atoms with Crippen molar-refractivity contribution in [3.63, 3.8) is 0 Å². The summed E-state index contributed by atoms with van der Waals surface area (Å²) in [4.78, 5) is 17.8. The molecular weight excluding hydrogens is 605 g/mol. The molecule has 0 atom stereocenters. The number of hydrogen-bond acceptors (Lipinski definition) is 4. The van der Waals surface area contributed by atoms with Gasteiger partial charge in [-0.2, -0.15) is 0 Å². The molecule has 0 spiro atoms. The first-order chi connectivity index (χ1) is 17.2. The molecule has 38 heavy (non-hydrogen) atoms. The van der Waals surface area contributed by atoms with Gasteiger partial charge in [-0.25, -0.2) is 0 Å². The zero-order chi connectivity index (χ0) is 29.2. The number of carbonyl (C=O) groups excluding carboxylic acids is 2. The van der Waals surface area contributed by atoms with E-state index in [1.54, 1.807) is 43.4 Å². The molecule has 0 heterocycles. The molecule has 0 rings (SSSR count). The Morgan fingerprint density at radius 2 is 0.632 bits per heavy atom. The molecule has 0 N–H and O–H groups in total. The van der Waals surface area contributed by atoms with Crippen molar-refractivity contribution in [2.24, 2.45) is 23.7 Å². The zero-order valence-corrected chi connectivity index (χ0v) is 30.1. The molecule has 0 aliphatic rings. The molecule has 0 bridgehead atoms. The van der Waals surface area contributed by atoms with E-state index < -0.39 is 11.9 Å². The van der Waals surface area contributed by atoms with Crippen LogP contribution in [0.4, 0.5) is 0 Å². The summed E-state index contributed by atoms with van der Waals surface area (Å²) in [6, 6.07) is 0. The normalized spacial score (nSPS) is 10.9. The number of hydrogen-bond donors (Lipinski definition) is 0. The van der Waals surface area contributed by atoms with Crippen molar-refractivity contribution in [2.45, 2.75) is 127 Å². The standard InChI is InChI=1S/C27H58P2.2C2H4O2.Pd/c1-24(2)14-9-18-28(19-10-15-25(3)4)22-13-23-29(20-11-16-26(5)6)21-12-17-27(7)8;2*1-2(3)4;/h24-27H,9-23H2,1-8H3;2*1H3,(H,3,4);/q;;;+2/p-2. The summed E-state index contributed by atoms with van der Waals surface area (Å²) in [6.45, 7) is 21.1. The van der Waals surface area contributed by atoms with Crippen LogP contribution in [0.3, 0.4) is 0 Å². The predicted molar refractivity (Wildman–Crippen MR) is 165 cm³/mol. The van der Waals surface area contributed by atoms with Crippen molar-refractivity contribution in [3.05, 3.63) is 0 Å². The molecule has 0 aliphatic carbocycles. The first-order valence-electron chi connectivity index (χ1n) is 15.0. The van der Waals surface area contributed by atoms with Crippen LogP contribution < -0.4 is 10.2 Å². The number of carboxylic acids is 2. The molecule has 0 fully saturated rings. The van der Waals surface area contributed by atoms with Gasteiger partial charge in [0.2, 0.25) is 0 Å². The maximum atomic E-state index is 8.89. The van der Waals surface area contributed by atoms with Gasteiger partial charge in [0.1, 0.15) is 0 Å². The fourth-order valence-electron chi connectivity index (χ4n) is 4.08. The third-order valence-electron chi connectivity index (χ3n) is 5.97. The third-order valence-corrected chi connectivity index (χ3v) is 11.7. The topological polar surface area (TPSA) is 80.3 Å². The third kappa shape index (κ3) is 49.4. The van der Waals surface area contributed by atoms with E-state index in [4.69, 9.17) is 19.8 Å². The van der Waals surface area contributed by atoms with Crippen LogP contribution in [0.2, 0.25) is 0 Å². The summed E-state index contributed by atoms with van der Waals surface area (Å²) in [5, 5.41) is 17.8. The fourth-order valence-corrected chi connectivity index (χ4v) is 9.40. The molecule has 0 saturated carbocycles. The number of aliphatic carboxylic acids is 2. The Balaban J connectivity index is -0.000000559. The fraction of sp³-hybridized carbons (Fsp3) is 0.935. The smallest absolute Gasteiger partial charge is 0.550 e. The van der Waals surface area contributed by atoms with Crippen molar-refractivity contribution in [3.8, 4) is 0 Å². The van der Waals surface area contributed by atoms with E-state index in [-0.39, 0.29) is 20.4 Å². The Bertz CT molecular complexity index is 434. The van der Waals surface area contributed by atoms with E-state index in [0.717, 1.165) is 37.5 Å². The summed E-state index contributed by atoms with van der Waals surface area (Å²) in [7, 11) is 0.623. The van der Waals surface area contributed by atoms with E-state index in [1.165, 1.54) is 51.4 Å². The van der Waals surface area contributed by atoms with E-state index in [2.05, 4.69) is 55.4 Å². The SMILES string of the molecule is CC(=O)[O-].CC(=O)[O-].CC(C)CCCP(CCCC(C)C)CCCP(CCCC(C)C)CCCC(C)C.[Pd+2]. The van der Waals surface area contributed by atoms with Gasteiger partial charge in [0.15, 0.2) is 0 Å². The molecule has 0 radical (unpaired) electrons. The number of carboxylic acid groups (broad SMARTS) is 2. The maximum Gasteiger partial charge on any atom is 2.00 e. The Labute approximate surface area is 254 Å². The first-order valence-corrected chi connectivity index (χ1v) is 18.8. The summed E-state index contributed by atoms with van der Waals surface area (Å²) < 4.78 is 0. The maximum absolute atomic E-state index is 8.89. The number of carbonyl (C=O) groups is 2. The molecule has 0 aromatic heterocycles. The minimum absolute atomic E-state index is 0. The van der Waals surface area contributed by atoms with Crippen LogP contribution in [0.15, 0.2) is 0 Å². The van der Waals surface area contributed by atoms with Crippen molar-refractivity contribution in [1.82, 2.24) is 0 Å². The van der Waals surface area contributed by atoms with Crippen LogP contribution >= 0.6 is 15.8 Å². The van der Waals surface area contributed by atoms with E-state index in [1.807, 2.05) is 0 Å². The van der Waals surface area contributed by atoms with Crippen LogP contribution in [0.1, 0.15) is 127 Å². The van der Waals surface area contributed by atoms with Gasteiger partial charge in [0.05, 0.1) is 0 Å². The molecule has 0 amide bonds. The minimum Gasteiger partial charge on any atom is -0.550 e. The molecule has 232 valence electrons. The zero-order valence-electron chi connectivity index (χ0n) is 26.8. The average Bonchev–Trinajstić information content (AvgIpc) is 2.71. The largest absolute Gasteiger partial charge is 2.00 e. The van der Waals surface area contributed by atoms with Crippen molar-refractivity contribution >= 4 is 27.8 Å². The van der Waals surface area contributed by atoms with Gasteiger partial charge < -0.3 is 19.8 Å². The average molecular weight is 669 g/mol. The van der Waals surface area contributed by atoms with Crippen LogP contribution in [-0.2, 0) is 30.0 Å². The predicted octanol–water partition coefficient (Wildman–Crippen LogP) is 7.60. The minimum atomic E-state index is -1.08. The van der Waals surface area contributed by atoms with Crippen LogP contribution in [0.25, 0.3) is 0 Å². The molecule has 4 nitrogen and oxygen atoms in total. The van der Waals surface area contributed by atoms with E-state index in [0.29, 0.717) is 15.8 Å². The molecule has 0 saturated heterocycles. The summed E-state index contributed by atoms with van der Waals surface area (Å²) in [6.07, 6.45) is 22.7. The Morgan fingerprint density at radius 3 is 0.789 bits per heavy atom. The van der Waals surface area contributed by atoms with Gasteiger partial charge in [0, 0.05) is 11.9 Å². The van der Waals surface area contributed by atoms with Gasteiger partial charge in [-0.1, -0.05) is 81.1 Å². The monoisotopic (exact) mass is 668 g/mol. The van der Waals surface area contributed by atoms with Gasteiger partial charge in [-0.15, -0.1) is 15.8 Å². The molecule has 0 aromatic rings. The van der Waals surface area contributed by atoms with Gasteiger partial charge in [-0.05, 0) is 107 Å². The second-order valence-corrected chi connectivity index (χ2v) is 17.5.